The third-order valence-corrected chi connectivity index (χ3v) is 2.22. The number of benzene rings is 1. The minimum atomic E-state index is -1.44. The van der Waals surface area contributed by atoms with Crippen molar-refractivity contribution >= 4 is 5.91 Å². The van der Waals surface area contributed by atoms with Gasteiger partial charge in [-0.1, -0.05) is 6.07 Å². The van der Waals surface area contributed by atoms with Gasteiger partial charge in [0, 0.05) is 6.54 Å². The number of methoxy groups -OCH3 is 1. The second kappa shape index (κ2) is 5.14. The molecule has 2 N–H and O–H groups in total. The fourth-order valence-electron chi connectivity index (χ4n) is 1.22. The molecule has 0 unspecified atom stereocenters. The molecule has 0 aliphatic carbocycles. The maximum atomic E-state index is 13.3. The van der Waals surface area contributed by atoms with Gasteiger partial charge in [0.25, 0.3) is 5.91 Å². The normalized spacial score (nSPS) is 11.1. The van der Waals surface area contributed by atoms with Gasteiger partial charge in [0.05, 0.1) is 7.11 Å². The van der Waals surface area contributed by atoms with E-state index in [0.717, 1.165) is 0 Å². The summed E-state index contributed by atoms with van der Waals surface area (Å²) < 4.78 is 18.1. The van der Waals surface area contributed by atoms with Crippen LogP contribution in [0.25, 0.3) is 0 Å². The molecule has 0 fully saturated rings. The van der Waals surface area contributed by atoms with Crippen LogP contribution in [0.15, 0.2) is 18.2 Å². The minimum Gasteiger partial charge on any atom is -0.494 e. The number of ether oxygens (including phenoxy) is 1. The molecule has 1 amide bonds. The fourth-order valence-corrected chi connectivity index (χ4v) is 1.22. The van der Waals surface area contributed by atoms with Gasteiger partial charge >= 0.3 is 0 Å². The highest BCUT2D eigenvalue weighted by Gasteiger charge is 2.23. The zero-order valence-electron chi connectivity index (χ0n) is 10.1. The number of hydrogen-bond donors (Lipinski definition) is 2. The summed E-state index contributed by atoms with van der Waals surface area (Å²) in [6.07, 6.45) is 0. The molecule has 0 radical (unpaired) electrons. The van der Waals surface area contributed by atoms with Crippen molar-refractivity contribution in [1.29, 1.82) is 0 Å². The molecule has 0 saturated heterocycles. The van der Waals surface area contributed by atoms with Crippen molar-refractivity contribution in [2.45, 2.75) is 26.0 Å². The van der Waals surface area contributed by atoms with Crippen LogP contribution in [-0.2, 0) is 11.3 Å². The lowest BCUT2D eigenvalue weighted by atomic mass is 10.1. The van der Waals surface area contributed by atoms with Crippen LogP contribution in [0.2, 0.25) is 0 Å². The zero-order valence-corrected chi connectivity index (χ0v) is 10.1. The van der Waals surface area contributed by atoms with Crippen LogP contribution in [-0.4, -0.2) is 23.7 Å². The summed E-state index contributed by atoms with van der Waals surface area (Å²) in [5, 5.41) is 11.9. The van der Waals surface area contributed by atoms with Crippen molar-refractivity contribution in [3.05, 3.63) is 29.6 Å². The Hall–Kier alpha value is -1.62. The Morgan fingerprint density at radius 1 is 1.53 bits per heavy atom. The van der Waals surface area contributed by atoms with Crippen LogP contribution in [0.5, 0.6) is 5.75 Å². The summed E-state index contributed by atoms with van der Waals surface area (Å²) in [4.78, 5) is 11.4. The van der Waals surface area contributed by atoms with E-state index in [1.165, 1.54) is 33.1 Å². The van der Waals surface area contributed by atoms with Crippen molar-refractivity contribution < 1.29 is 19.0 Å². The third kappa shape index (κ3) is 3.71. The Morgan fingerprint density at radius 2 is 2.18 bits per heavy atom. The average Bonchev–Trinajstić information content (AvgIpc) is 2.24. The topological polar surface area (TPSA) is 58.6 Å². The first kappa shape index (κ1) is 13.4. The van der Waals surface area contributed by atoms with Crippen molar-refractivity contribution in [3.63, 3.8) is 0 Å². The minimum absolute atomic E-state index is 0.155. The Morgan fingerprint density at radius 3 is 2.65 bits per heavy atom. The van der Waals surface area contributed by atoms with Gasteiger partial charge in [0.15, 0.2) is 11.6 Å². The molecule has 0 aliphatic heterocycles. The molecule has 4 nitrogen and oxygen atoms in total. The van der Waals surface area contributed by atoms with E-state index in [1.54, 1.807) is 6.07 Å². The first-order valence-electron chi connectivity index (χ1n) is 5.17. The molecule has 94 valence electrons. The molecule has 0 saturated carbocycles. The Bertz CT molecular complexity index is 413. The highest BCUT2D eigenvalue weighted by molar-refractivity contribution is 5.83. The third-order valence-electron chi connectivity index (χ3n) is 2.22. The van der Waals surface area contributed by atoms with E-state index < -0.39 is 17.3 Å². The van der Waals surface area contributed by atoms with Gasteiger partial charge in [0.2, 0.25) is 0 Å². The van der Waals surface area contributed by atoms with Crippen LogP contribution in [0.4, 0.5) is 4.39 Å². The molecule has 0 aromatic heterocycles. The van der Waals surface area contributed by atoms with Crippen molar-refractivity contribution in [3.8, 4) is 5.75 Å². The molecule has 5 heteroatoms. The largest absolute Gasteiger partial charge is 0.494 e. The highest BCUT2D eigenvalue weighted by Crippen LogP contribution is 2.17. The van der Waals surface area contributed by atoms with Crippen LogP contribution < -0.4 is 10.1 Å². The monoisotopic (exact) mass is 241 g/mol. The van der Waals surface area contributed by atoms with E-state index in [2.05, 4.69) is 5.32 Å². The molecule has 0 bridgehead atoms. The van der Waals surface area contributed by atoms with E-state index in [1.807, 2.05) is 0 Å². The van der Waals surface area contributed by atoms with Crippen LogP contribution in [0.3, 0.4) is 0 Å². The fraction of sp³-hybridized carbons (Fsp3) is 0.417. The second-order valence-electron chi connectivity index (χ2n) is 4.21. The maximum absolute atomic E-state index is 13.3. The van der Waals surface area contributed by atoms with Crippen molar-refractivity contribution in [1.82, 2.24) is 5.32 Å². The molecule has 0 spiro atoms. The molecule has 17 heavy (non-hydrogen) atoms. The quantitative estimate of drug-likeness (QED) is 0.833. The van der Waals surface area contributed by atoms with Gasteiger partial charge in [-0.3, -0.25) is 4.79 Å². The van der Waals surface area contributed by atoms with Crippen molar-refractivity contribution in [2.24, 2.45) is 0 Å². The molecule has 0 heterocycles. The van der Waals surface area contributed by atoms with Crippen molar-refractivity contribution in [2.75, 3.05) is 7.11 Å². The maximum Gasteiger partial charge on any atom is 0.251 e. The van der Waals surface area contributed by atoms with Gasteiger partial charge in [-0.15, -0.1) is 0 Å². The number of carbonyl (C=O) groups is 1. The molecule has 0 aliphatic rings. The SMILES string of the molecule is COc1ccc(CNC(=O)C(C)(C)O)cc1F. The number of carbonyl (C=O) groups excluding carboxylic acids is 1. The lowest BCUT2D eigenvalue weighted by molar-refractivity contribution is -0.136. The second-order valence-corrected chi connectivity index (χ2v) is 4.21. The molecule has 1 rings (SSSR count). The number of amides is 1. The number of hydrogen-bond acceptors (Lipinski definition) is 3. The first-order chi connectivity index (χ1) is 7.84. The summed E-state index contributed by atoms with van der Waals surface area (Å²) in [7, 11) is 1.38. The summed E-state index contributed by atoms with van der Waals surface area (Å²) in [6.45, 7) is 2.93. The Labute approximate surface area is 99.4 Å². The summed E-state index contributed by atoms with van der Waals surface area (Å²) in [5.41, 5.74) is -0.841. The molecule has 1 aromatic rings. The van der Waals surface area contributed by atoms with Crippen LogP contribution in [0.1, 0.15) is 19.4 Å². The summed E-state index contributed by atoms with van der Waals surface area (Å²) in [6, 6.07) is 4.41. The van der Waals surface area contributed by atoms with E-state index in [0.29, 0.717) is 5.56 Å². The number of nitrogens with one attached hydrogen (secondary N) is 1. The number of halogens is 1. The Balaban J connectivity index is 2.65. The molecular weight excluding hydrogens is 225 g/mol. The summed E-state index contributed by atoms with van der Waals surface area (Å²) in [5.74, 6) is -0.834. The number of aliphatic hydroxyl groups is 1. The van der Waals surface area contributed by atoms with Gasteiger partial charge in [-0.25, -0.2) is 4.39 Å². The molecule has 0 atom stereocenters. The van der Waals surface area contributed by atoms with Gasteiger partial charge in [-0.05, 0) is 31.5 Å². The van der Waals surface area contributed by atoms with E-state index in [4.69, 9.17) is 4.74 Å². The predicted octanol–water partition coefficient (Wildman–Crippen LogP) is 1.22. The van der Waals surface area contributed by atoms with Crippen LogP contribution in [0, 0.1) is 5.82 Å². The van der Waals surface area contributed by atoms with Gasteiger partial charge in [0.1, 0.15) is 5.60 Å². The highest BCUT2D eigenvalue weighted by atomic mass is 19.1. The van der Waals surface area contributed by atoms with Gasteiger partial charge < -0.3 is 15.2 Å². The van der Waals surface area contributed by atoms with E-state index in [9.17, 15) is 14.3 Å². The lowest BCUT2D eigenvalue weighted by Gasteiger charge is -2.16. The lowest BCUT2D eigenvalue weighted by Crippen LogP contribution is -2.41. The number of rotatable bonds is 4. The zero-order chi connectivity index (χ0) is 13.1. The average molecular weight is 241 g/mol. The first-order valence-corrected chi connectivity index (χ1v) is 5.17. The molecule has 1 aromatic carbocycles. The standard InChI is InChI=1S/C12H16FNO3/c1-12(2,16)11(15)14-7-8-4-5-10(17-3)9(13)6-8/h4-6,16H,7H2,1-3H3,(H,14,15). The Kier molecular flexibility index (Phi) is 4.07. The van der Waals surface area contributed by atoms with E-state index in [-0.39, 0.29) is 12.3 Å². The van der Waals surface area contributed by atoms with Crippen LogP contribution >= 0.6 is 0 Å². The smallest absolute Gasteiger partial charge is 0.251 e. The summed E-state index contributed by atoms with van der Waals surface area (Å²) >= 11 is 0. The molecular formula is C12H16FNO3. The predicted molar refractivity (Wildman–Crippen MR) is 61.1 cm³/mol. The van der Waals surface area contributed by atoms with Gasteiger partial charge in [-0.2, -0.15) is 0 Å². The van der Waals surface area contributed by atoms with E-state index >= 15 is 0 Å².